The molecule has 0 radical (unpaired) electrons. The van der Waals surface area contributed by atoms with Gasteiger partial charge in [-0.3, -0.25) is 4.79 Å². The fourth-order valence-corrected chi connectivity index (χ4v) is 2.00. The Morgan fingerprint density at radius 3 is 2.78 bits per heavy atom. The monoisotopic (exact) mass is 242 g/mol. The standard InChI is InChI=1S/C14H14N2O2/c1-18-14(8-9-14)13(17)16-12-7-6-10-4-2-3-5-11(10)15-12/h2-7H,8-9H2,1H3,(H,15,16,17). The number of pyridine rings is 1. The van der Waals surface area contributed by atoms with Crippen molar-refractivity contribution >= 4 is 22.6 Å². The Morgan fingerprint density at radius 1 is 1.28 bits per heavy atom. The molecule has 1 aromatic carbocycles. The van der Waals surface area contributed by atoms with Crippen LogP contribution >= 0.6 is 0 Å². The summed E-state index contributed by atoms with van der Waals surface area (Å²) < 4.78 is 5.23. The highest BCUT2D eigenvalue weighted by molar-refractivity contribution is 5.99. The minimum absolute atomic E-state index is 0.104. The predicted octanol–water partition coefficient (Wildman–Crippen LogP) is 2.35. The van der Waals surface area contributed by atoms with Crippen molar-refractivity contribution in [2.24, 2.45) is 0 Å². The predicted molar refractivity (Wildman–Crippen MR) is 69.3 cm³/mol. The number of ether oxygens (including phenoxy) is 1. The van der Waals surface area contributed by atoms with Gasteiger partial charge in [0.2, 0.25) is 0 Å². The Kier molecular flexibility index (Phi) is 2.52. The van der Waals surface area contributed by atoms with Gasteiger partial charge in [-0.2, -0.15) is 0 Å². The first-order chi connectivity index (χ1) is 8.73. The van der Waals surface area contributed by atoms with E-state index in [2.05, 4.69) is 10.3 Å². The number of methoxy groups -OCH3 is 1. The quantitative estimate of drug-likeness (QED) is 0.898. The van der Waals surface area contributed by atoms with Crippen molar-refractivity contribution in [1.82, 2.24) is 4.98 Å². The molecule has 1 aliphatic rings. The van der Waals surface area contributed by atoms with Crippen molar-refractivity contribution in [2.75, 3.05) is 12.4 Å². The Labute approximate surface area is 105 Å². The second kappa shape index (κ2) is 4.07. The highest BCUT2D eigenvalue weighted by atomic mass is 16.5. The smallest absolute Gasteiger partial charge is 0.257 e. The Hall–Kier alpha value is -1.94. The summed E-state index contributed by atoms with van der Waals surface area (Å²) in [5, 5.41) is 3.87. The number of fused-ring (bicyclic) bond motifs is 1. The number of carbonyl (C=O) groups excluding carboxylic acids is 1. The number of anilines is 1. The van der Waals surface area contributed by atoms with Crippen LogP contribution < -0.4 is 5.32 Å². The van der Waals surface area contributed by atoms with Gasteiger partial charge >= 0.3 is 0 Å². The first-order valence-electron chi connectivity index (χ1n) is 5.96. The summed E-state index contributed by atoms with van der Waals surface area (Å²) in [5.41, 5.74) is 0.255. The van der Waals surface area contributed by atoms with E-state index < -0.39 is 5.60 Å². The zero-order chi connectivity index (χ0) is 12.6. The molecule has 0 aliphatic heterocycles. The summed E-state index contributed by atoms with van der Waals surface area (Å²) in [4.78, 5) is 16.4. The second-order valence-corrected chi connectivity index (χ2v) is 4.54. The Balaban J connectivity index is 1.85. The first-order valence-corrected chi connectivity index (χ1v) is 5.96. The van der Waals surface area contributed by atoms with Crippen LogP contribution in [-0.4, -0.2) is 23.6 Å². The van der Waals surface area contributed by atoms with Crippen LogP contribution in [-0.2, 0) is 9.53 Å². The third kappa shape index (κ3) is 1.84. The van der Waals surface area contributed by atoms with Gasteiger partial charge in [0.15, 0.2) is 0 Å². The highest BCUT2D eigenvalue weighted by Crippen LogP contribution is 2.39. The van der Waals surface area contributed by atoms with E-state index in [0.29, 0.717) is 5.82 Å². The zero-order valence-corrected chi connectivity index (χ0v) is 10.1. The minimum atomic E-state index is -0.618. The average Bonchev–Trinajstić information content (AvgIpc) is 3.19. The molecule has 0 saturated heterocycles. The van der Waals surface area contributed by atoms with E-state index in [1.54, 1.807) is 7.11 Å². The normalized spacial score (nSPS) is 16.5. The first kappa shape index (κ1) is 11.2. The van der Waals surface area contributed by atoms with Gasteiger partial charge in [0.1, 0.15) is 11.4 Å². The molecule has 92 valence electrons. The molecule has 1 saturated carbocycles. The van der Waals surface area contributed by atoms with Crippen molar-refractivity contribution in [3.05, 3.63) is 36.4 Å². The summed E-state index contributed by atoms with van der Waals surface area (Å²) in [6, 6.07) is 11.6. The molecule has 1 aliphatic carbocycles. The Bertz CT molecular complexity index is 606. The van der Waals surface area contributed by atoms with Crippen molar-refractivity contribution in [3.63, 3.8) is 0 Å². The van der Waals surface area contributed by atoms with E-state index in [1.165, 1.54) is 0 Å². The van der Waals surface area contributed by atoms with E-state index in [1.807, 2.05) is 36.4 Å². The van der Waals surface area contributed by atoms with Gasteiger partial charge in [-0.05, 0) is 31.0 Å². The van der Waals surface area contributed by atoms with Gasteiger partial charge in [0, 0.05) is 12.5 Å². The number of aromatic nitrogens is 1. The molecule has 1 aromatic heterocycles. The molecule has 0 bridgehead atoms. The highest BCUT2D eigenvalue weighted by Gasteiger charge is 2.50. The molecule has 4 nitrogen and oxygen atoms in total. The van der Waals surface area contributed by atoms with Crippen LogP contribution in [0.25, 0.3) is 10.9 Å². The summed E-state index contributed by atoms with van der Waals surface area (Å²) in [5.74, 6) is 0.467. The van der Waals surface area contributed by atoms with E-state index >= 15 is 0 Å². The molecule has 2 aromatic rings. The van der Waals surface area contributed by atoms with Gasteiger partial charge in [0.25, 0.3) is 5.91 Å². The van der Waals surface area contributed by atoms with Gasteiger partial charge in [-0.25, -0.2) is 4.98 Å². The lowest BCUT2D eigenvalue weighted by Gasteiger charge is -2.13. The van der Waals surface area contributed by atoms with E-state index in [4.69, 9.17) is 4.74 Å². The van der Waals surface area contributed by atoms with E-state index in [0.717, 1.165) is 23.7 Å². The largest absolute Gasteiger partial charge is 0.368 e. The van der Waals surface area contributed by atoms with Crippen LogP contribution in [0.3, 0.4) is 0 Å². The molecule has 18 heavy (non-hydrogen) atoms. The maximum absolute atomic E-state index is 12.0. The number of hydrogen-bond acceptors (Lipinski definition) is 3. The van der Waals surface area contributed by atoms with Crippen LogP contribution in [0.1, 0.15) is 12.8 Å². The topological polar surface area (TPSA) is 51.2 Å². The average molecular weight is 242 g/mol. The van der Waals surface area contributed by atoms with Crippen LogP contribution in [0.4, 0.5) is 5.82 Å². The van der Waals surface area contributed by atoms with Crippen molar-refractivity contribution in [3.8, 4) is 0 Å². The van der Waals surface area contributed by atoms with Crippen molar-refractivity contribution < 1.29 is 9.53 Å². The number of para-hydroxylation sites is 1. The molecule has 0 spiro atoms. The fraction of sp³-hybridized carbons (Fsp3) is 0.286. The molecule has 3 rings (SSSR count). The summed E-state index contributed by atoms with van der Waals surface area (Å²) in [6.07, 6.45) is 1.56. The molecule has 1 fully saturated rings. The molecule has 4 heteroatoms. The van der Waals surface area contributed by atoms with Gasteiger partial charge in [-0.1, -0.05) is 18.2 Å². The van der Waals surface area contributed by atoms with E-state index in [-0.39, 0.29) is 5.91 Å². The zero-order valence-electron chi connectivity index (χ0n) is 10.1. The molecule has 1 amide bonds. The lowest BCUT2D eigenvalue weighted by atomic mass is 10.2. The van der Waals surface area contributed by atoms with Gasteiger partial charge in [0.05, 0.1) is 5.52 Å². The van der Waals surface area contributed by atoms with Gasteiger partial charge < -0.3 is 10.1 Å². The SMILES string of the molecule is COC1(C(=O)Nc2ccc3ccccc3n2)CC1. The van der Waals surface area contributed by atoms with Crippen LogP contribution in [0.15, 0.2) is 36.4 Å². The van der Waals surface area contributed by atoms with Crippen LogP contribution in [0, 0.1) is 0 Å². The molecule has 1 heterocycles. The summed E-state index contributed by atoms with van der Waals surface area (Å²) in [7, 11) is 1.57. The summed E-state index contributed by atoms with van der Waals surface area (Å²) in [6.45, 7) is 0. The number of hydrogen-bond donors (Lipinski definition) is 1. The number of amides is 1. The lowest BCUT2D eigenvalue weighted by Crippen LogP contribution is -2.31. The molecule has 1 N–H and O–H groups in total. The fourth-order valence-electron chi connectivity index (χ4n) is 2.00. The number of benzene rings is 1. The molecule has 0 atom stereocenters. The maximum atomic E-state index is 12.0. The minimum Gasteiger partial charge on any atom is -0.368 e. The molecular weight excluding hydrogens is 228 g/mol. The van der Waals surface area contributed by atoms with Crippen LogP contribution in [0.2, 0.25) is 0 Å². The molecular formula is C14H14N2O2. The molecule has 0 unspecified atom stereocenters. The van der Waals surface area contributed by atoms with E-state index in [9.17, 15) is 4.79 Å². The summed E-state index contributed by atoms with van der Waals surface area (Å²) >= 11 is 0. The second-order valence-electron chi connectivity index (χ2n) is 4.54. The van der Waals surface area contributed by atoms with Gasteiger partial charge in [-0.15, -0.1) is 0 Å². The van der Waals surface area contributed by atoms with Crippen LogP contribution in [0.5, 0.6) is 0 Å². The van der Waals surface area contributed by atoms with Crippen molar-refractivity contribution in [2.45, 2.75) is 18.4 Å². The number of nitrogens with one attached hydrogen (secondary N) is 1. The Morgan fingerprint density at radius 2 is 2.06 bits per heavy atom. The third-order valence-electron chi connectivity index (χ3n) is 3.35. The van der Waals surface area contributed by atoms with Crippen molar-refractivity contribution in [1.29, 1.82) is 0 Å². The number of nitrogens with zero attached hydrogens (tertiary/aromatic N) is 1. The number of rotatable bonds is 3. The third-order valence-corrected chi connectivity index (χ3v) is 3.35. The number of carbonyl (C=O) groups is 1. The lowest BCUT2D eigenvalue weighted by molar-refractivity contribution is -0.128. The maximum Gasteiger partial charge on any atom is 0.257 e.